The molecule has 2 rings (SSSR count). The molecule has 0 spiro atoms. The lowest BCUT2D eigenvalue weighted by atomic mass is 10.2. The second-order valence-corrected chi connectivity index (χ2v) is 6.16. The number of hydrogen-bond acceptors (Lipinski definition) is 4. The van der Waals surface area contributed by atoms with E-state index in [9.17, 15) is 22.8 Å². The van der Waals surface area contributed by atoms with Crippen LogP contribution in [0.25, 0.3) is 0 Å². The fourth-order valence-electron chi connectivity index (χ4n) is 1.97. The minimum atomic E-state index is -1.68. The van der Waals surface area contributed by atoms with Crippen LogP contribution in [-0.4, -0.2) is 30.0 Å². The van der Waals surface area contributed by atoms with Crippen molar-refractivity contribution in [3.05, 3.63) is 45.7 Å². The van der Waals surface area contributed by atoms with Crippen LogP contribution >= 0.6 is 11.3 Å². The maximum atomic E-state index is 13.4. The standard InChI is InChI=1S/C16H17F3N4O2S/c1-2-13-22-9(8-26-13)5-6-20-16(25)21-7-12(24)23-11-4-3-10(17)14(18)15(11)19/h3-4,8H,2,5-7H2,1H3,(H,23,24)(H2,20,21,25). The first-order chi connectivity index (χ1) is 12.4. The summed E-state index contributed by atoms with van der Waals surface area (Å²) in [7, 11) is 0. The van der Waals surface area contributed by atoms with E-state index in [0.717, 1.165) is 23.2 Å². The predicted octanol–water partition coefficient (Wildman–Crippen LogP) is 2.60. The average Bonchev–Trinajstić information content (AvgIpc) is 3.08. The van der Waals surface area contributed by atoms with Gasteiger partial charge < -0.3 is 16.0 Å². The van der Waals surface area contributed by atoms with Crippen LogP contribution in [0.5, 0.6) is 0 Å². The summed E-state index contributed by atoms with van der Waals surface area (Å²) >= 11 is 1.55. The highest BCUT2D eigenvalue weighted by molar-refractivity contribution is 7.09. The third kappa shape index (κ3) is 5.45. The molecule has 0 radical (unpaired) electrons. The van der Waals surface area contributed by atoms with E-state index in [4.69, 9.17) is 0 Å². The van der Waals surface area contributed by atoms with Gasteiger partial charge in [-0.2, -0.15) is 0 Å². The quantitative estimate of drug-likeness (QED) is 0.640. The highest BCUT2D eigenvalue weighted by atomic mass is 32.1. The van der Waals surface area contributed by atoms with Crippen LogP contribution in [0.4, 0.5) is 23.7 Å². The molecule has 10 heteroatoms. The number of aryl methyl sites for hydroxylation is 1. The number of carbonyl (C=O) groups is 2. The van der Waals surface area contributed by atoms with E-state index >= 15 is 0 Å². The third-order valence-corrected chi connectivity index (χ3v) is 4.33. The molecule has 0 saturated heterocycles. The van der Waals surface area contributed by atoms with Gasteiger partial charge in [-0.25, -0.2) is 22.9 Å². The van der Waals surface area contributed by atoms with Crippen molar-refractivity contribution in [1.29, 1.82) is 0 Å². The Kier molecular flexibility index (Phi) is 6.96. The zero-order valence-corrected chi connectivity index (χ0v) is 14.7. The number of halogens is 3. The van der Waals surface area contributed by atoms with E-state index in [1.165, 1.54) is 0 Å². The van der Waals surface area contributed by atoms with E-state index in [0.29, 0.717) is 19.0 Å². The minimum Gasteiger partial charge on any atom is -0.338 e. The molecule has 26 heavy (non-hydrogen) atoms. The zero-order chi connectivity index (χ0) is 19.1. The number of nitrogens with one attached hydrogen (secondary N) is 3. The highest BCUT2D eigenvalue weighted by Crippen LogP contribution is 2.19. The Balaban J connectivity index is 1.71. The largest absolute Gasteiger partial charge is 0.338 e. The molecule has 0 aliphatic rings. The van der Waals surface area contributed by atoms with Crippen molar-refractivity contribution in [1.82, 2.24) is 15.6 Å². The number of aromatic nitrogens is 1. The van der Waals surface area contributed by atoms with Crippen LogP contribution in [0.15, 0.2) is 17.5 Å². The fraction of sp³-hybridized carbons (Fsp3) is 0.312. The molecule has 1 heterocycles. The second kappa shape index (κ2) is 9.18. The van der Waals surface area contributed by atoms with Gasteiger partial charge >= 0.3 is 6.03 Å². The molecule has 0 aliphatic heterocycles. The number of rotatable bonds is 7. The summed E-state index contributed by atoms with van der Waals surface area (Å²) in [5.74, 6) is -5.32. The van der Waals surface area contributed by atoms with Crippen LogP contribution in [0.1, 0.15) is 17.6 Å². The van der Waals surface area contributed by atoms with Crippen molar-refractivity contribution < 1.29 is 22.8 Å². The van der Waals surface area contributed by atoms with E-state index < -0.39 is 41.6 Å². The number of urea groups is 1. The zero-order valence-electron chi connectivity index (χ0n) is 13.9. The summed E-state index contributed by atoms with van der Waals surface area (Å²) in [5.41, 5.74) is 0.366. The lowest BCUT2D eigenvalue weighted by Gasteiger charge is -2.09. The van der Waals surface area contributed by atoms with Crippen LogP contribution < -0.4 is 16.0 Å². The smallest absolute Gasteiger partial charge is 0.315 e. The normalized spacial score (nSPS) is 10.5. The molecule has 0 aliphatic carbocycles. The Morgan fingerprint density at radius 1 is 1.15 bits per heavy atom. The molecule has 0 saturated carbocycles. The SMILES string of the molecule is CCc1nc(CCNC(=O)NCC(=O)Nc2ccc(F)c(F)c2F)cs1. The van der Waals surface area contributed by atoms with Gasteiger partial charge in [0.25, 0.3) is 0 Å². The number of nitrogens with zero attached hydrogens (tertiary/aromatic N) is 1. The number of thiazole rings is 1. The summed E-state index contributed by atoms with van der Waals surface area (Å²) in [6, 6.07) is 0.998. The van der Waals surface area contributed by atoms with Crippen molar-refractivity contribution in [2.45, 2.75) is 19.8 Å². The van der Waals surface area contributed by atoms with Gasteiger partial charge in [0.2, 0.25) is 5.91 Å². The van der Waals surface area contributed by atoms with Gasteiger partial charge in [-0.3, -0.25) is 4.79 Å². The van der Waals surface area contributed by atoms with Gasteiger partial charge in [0.1, 0.15) is 0 Å². The molecule has 0 bridgehead atoms. The van der Waals surface area contributed by atoms with Gasteiger partial charge in [0.15, 0.2) is 17.5 Å². The number of anilines is 1. The number of hydrogen-bond donors (Lipinski definition) is 3. The van der Waals surface area contributed by atoms with Crippen molar-refractivity contribution in [3.8, 4) is 0 Å². The molecule has 3 amide bonds. The third-order valence-electron chi connectivity index (χ3n) is 3.29. The summed E-state index contributed by atoms with van der Waals surface area (Å²) in [4.78, 5) is 27.6. The van der Waals surface area contributed by atoms with Crippen LogP contribution in [0.2, 0.25) is 0 Å². The van der Waals surface area contributed by atoms with Crippen molar-refractivity contribution in [2.24, 2.45) is 0 Å². The van der Waals surface area contributed by atoms with Crippen molar-refractivity contribution >= 4 is 29.0 Å². The topological polar surface area (TPSA) is 83.1 Å². The molecule has 1 aromatic heterocycles. The monoisotopic (exact) mass is 386 g/mol. The highest BCUT2D eigenvalue weighted by Gasteiger charge is 2.15. The Bertz CT molecular complexity index is 798. The van der Waals surface area contributed by atoms with Gasteiger partial charge in [-0.15, -0.1) is 11.3 Å². The lowest BCUT2D eigenvalue weighted by molar-refractivity contribution is -0.115. The Morgan fingerprint density at radius 2 is 1.92 bits per heavy atom. The summed E-state index contributed by atoms with van der Waals surface area (Å²) in [6.07, 6.45) is 1.41. The van der Waals surface area contributed by atoms with Crippen LogP contribution in [0, 0.1) is 17.5 Å². The molecular weight excluding hydrogens is 369 g/mol. The molecule has 2 aromatic rings. The Morgan fingerprint density at radius 3 is 2.62 bits per heavy atom. The van der Waals surface area contributed by atoms with Crippen molar-refractivity contribution in [2.75, 3.05) is 18.4 Å². The van der Waals surface area contributed by atoms with Gasteiger partial charge in [-0.1, -0.05) is 6.92 Å². The van der Waals surface area contributed by atoms with Gasteiger partial charge in [-0.05, 0) is 18.6 Å². The Hall–Kier alpha value is -2.62. The number of benzene rings is 1. The summed E-state index contributed by atoms with van der Waals surface area (Å²) in [6.45, 7) is 1.88. The van der Waals surface area contributed by atoms with E-state index in [-0.39, 0.29) is 0 Å². The van der Waals surface area contributed by atoms with E-state index in [1.54, 1.807) is 11.3 Å². The first-order valence-electron chi connectivity index (χ1n) is 7.79. The Labute approximate surface area is 151 Å². The first-order valence-corrected chi connectivity index (χ1v) is 8.67. The second-order valence-electron chi connectivity index (χ2n) is 5.22. The van der Waals surface area contributed by atoms with Gasteiger partial charge in [0, 0.05) is 18.3 Å². The average molecular weight is 386 g/mol. The maximum absolute atomic E-state index is 13.4. The molecule has 3 N–H and O–H groups in total. The summed E-state index contributed by atoms with van der Waals surface area (Å²) < 4.78 is 39.3. The number of carbonyl (C=O) groups excluding carboxylic acids is 2. The predicted molar refractivity (Wildman–Crippen MR) is 91.5 cm³/mol. The van der Waals surface area contributed by atoms with Gasteiger partial charge in [0.05, 0.1) is 22.9 Å². The number of amides is 3. The minimum absolute atomic E-state index is 0.331. The fourth-order valence-corrected chi connectivity index (χ4v) is 2.75. The molecular formula is C16H17F3N4O2S. The van der Waals surface area contributed by atoms with Crippen LogP contribution in [-0.2, 0) is 17.6 Å². The summed E-state index contributed by atoms with van der Waals surface area (Å²) in [5, 5.41) is 9.83. The van der Waals surface area contributed by atoms with Crippen LogP contribution in [0.3, 0.4) is 0 Å². The molecule has 6 nitrogen and oxygen atoms in total. The first kappa shape index (κ1) is 19.7. The molecule has 1 aromatic carbocycles. The molecule has 140 valence electrons. The maximum Gasteiger partial charge on any atom is 0.315 e. The molecule has 0 atom stereocenters. The van der Waals surface area contributed by atoms with E-state index in [1.807, 2.05) is 12.3 Å². The van der Waals surface area contributed by atoms with E-state index in [2.05, 4.69) is 20.9 Å². The molecule has 0 unspecified atom stereocenters. The van der Waals surface area contributed by atoms with Crippen molar-refractivity contribution in [3.63, 3.8) is 0 Å². The lowest BCUT2D eigenvalue weighted by Crippen LogP contribution is -2.40. The molecule has 0 fully saturated rings.